The Balaban J connectivity index is 2.28. The van der Waals surface area contributed by atoms with E-state index in [1.54, 1.807) is 0 Å². The fourth-order valence-corrected chi connectivity index (χ4v) is 3.11. The van der Waals surface area contributed by atoms with Crippen molar-refractivity contribution in [2.45, 2.75) is 17.1 Å². The van der Waals surface area contributed by atoms with Gasteiger partial charge in [0.15, 0.2) is 10.9 Å². The largest absolute Gasteiger partial charge is 0.433 e. The van der Waals surface area contributed by atoms with E-state index >= 15 is 0 Å². The van der Waals surface area contributed by atoms with Gasteiger partial charge in [-0.15, -0.1) is 0 Å². The molecule has 11 heteroatoms. The summed E-state index contributed by atoms with van der Waals surface area (Å²) in [5, 5.41) is 0.110. The van der Waals surface area contributed by atoms with Gasteiger partial charge in [-0.1, -0.05) is 46.6 Å². The summed E-state index contributed by atoms with van der Waals surface area (Å²) in [5.74, 6) is 0.0597. The normalized spacial score (nSPS) is 11.7. The molecule has 2 aromatic rings. The van der Waals surface area contributed by atoms with Crippen LogP contribution in [-0.2, 0) is 11.9 Å². The van der Waals surface area contributed by atoms with Crippen molar-refractivity contribution in [2.24, 2.45) is 0 Å². The molecular formula is C11H5Cl3F3N3OS. The second-order valence-corrected chi connectivity index (χ2v) is 6.02. The molecule has 0 aromatic carbocycles. The van der Waals surface area contributed by atoms with Crippen LogP contribution in [0.15, 0.2) is 22.2 Å². The number of nitrogens with one attached hydrogen (secondary N) is 1. The number of halogens is 6. The highest BCUT2D eigenvalue weighted by molar-refractivity contribution is 7.98. The van der Waals surface area contributed by atoms with Gasteiger partial charge in [0, 0.05) is 23.6 Å². The lowest BCUT2D eigenvalue weighted by Crippen LogP contribution is -2.16. The Morgan fingerprint density at radius 2 is 1.95 bits per heavy atom. The third kappa shape index (κ3) is 4.07. The molecule has 2 rings (SSSR count). The van der Waals surface area contributed by atoms with Crippen LogP contribution in [0.5, 0.6) is 0 Å². The predicted molar refractivity (Wildman–Crippen MR) is 78.7 cm³/mol. The zero-order valence-electron chi connectivity index (χ0n) is 10.3. The van der Waals surface area contributed by atoms with Gasteiger partial charge in [0.1, 0.15) is 5.15 Å². The van der Waals surface area contributed by atoms with Gasteiger partial charge in [-0.05, 0) is 0 Å². The third-order valence-electron chi connectivity index (χ3n) is 2.39. The highest BCUT2D eigenvalue weighted by Gasteiger charge is 2.33. The zero-order valence-corrected chi connectivity index (χ0v) is 13.4. The molecule has 0 unspecified atom stereocenters. The number of aromatic nitrogens is 3. The molecule has 0 aliphatic carbocycles. The summed E-state index contributed by atoms with van der Waals surface area (Å²) in [4.78, 5) is 20.5. The number of hydrogen-bond acceptors (Lipinski definition) is 4. The first-order valence-electron chi connectivity index (χ1n) is 5.48. The Morgan fingerprint density at radius 3 is 2.59 bits per heavy atom. The first kappa shape index (κ1) is 17.4. The van der Waals surface area contributed by atoms with Gasteiger partial charge in [-0.3, -0.25) is 4.79 Å². The summed E-state index contributed by atoms with van der Waals surface area (Å²) in [5.41, 5.74) is -1.80. The molecule has 1 N–H and O–H groups in total. The Morgan fingerprint density at radius 1 is 1.27 bits per heavy atom. The average molecular weight is 391 g/mol. The van der Waals surface area contributed by atoms with E-state index < -0.39 is 17.4 Å². The highest BCUT2D eigenvalue weighted by atomic mass is 35.5. The summed E-state index contributed by atoms with van der Waals surface area (Å²) < 4.78 is 37.8. The number of alkyl halides is 3. The molecule has 0 aliphatic rings. The topological polar surface area (TPSA) is 58.6 Å². The fourth-order valence-electron chi connectivity index (χ4n) is 1.40. The molecule has 4 nitrogen and oxygen atoms in total. The maximum atomic E-state index is 12.6. The molecule has 0 saturated carbocycles. The SMILES string of the molecule is O=c1cc(C(F)(F)F)nc(SCc2c(Cl)cnc(Cl)c2Cl)[nH]1. The molecule has 22 heavy (non-hydrogen) atoms. The molecule has 0 saturated heterocycles. The zero-order chi connectivity index (χ0) is 16.5. The average Bonchev–Trinajstić information content (AvgIpc) is 2.41. The van der Waals surface area contributed by atoms with Crippen molar-refractivity contribution in [2.75, 3.05) is 0 Å². The summed E-state index contributed by atoms with van der Waals surface area (Å²) in [6, 6.07) is 0.382. The Hall–Kier alpha value is -0.960. The molecule has 0 radical (unpaired) electrons. The number of hydrogen-bond donors (Lipinski definition) is 1. The molecule has 2 aromatic heterocycles. The maximum absolute atomic E-state index is 12.6. The molecule has 0 fully saturated rings. The van der Waals surface area contributed by atoms with Crippen LogP contribution >= 0.6 is 46.6 Å². The van der Waals surface area contributed by atoms with E-state index in [4.69, 9.17) is 34.8 Å². The Labute approximate surface area is 141 Å². The molecule has 0 atom stereocenters. The Bertz CT molecular complexity index is 766. The second-order valence-electron chi connectivity index (χ2n) is 3.91. The minimum atomic E-state index is -4.71. The van der Waals surface area contributed by atoms with E-state index in [-0.39, 0.29) is 26.1 Å². The molecule has 0 spiro atoms. The van der Waals surface area contributed by atoms with Crippen molar-refractivity contribution < 1.29 is 13.2 Å². The number of rotatable bonds is 3. The summed E-state index contributed by atoms with van der Waals surface area (Å²) in [6.45, 7) is 0. The number of nitrogens with zero attached hydrogens (tertiary/aromatic N) is 2. The highest BCUT2D eigenvalue weighted by Crippen LogP contribution is 2.34. The van der Waals surface area contributed by atoms with Crippen LogP contribution in [0.3, 0.4) is 0 Å². The fraction of sp³-hybridized carbons (Fsp3) is 0.182. The van der Waals surface area contributed by atoms with Gasteiger partial charge >= 0.3 is 6.18 Å². The number of aromatic amines is 1. The van der Waals surface area contributed by atoms with Gasteiger partial charge in [0.2, 0.25) is 0 Å². The quantitative estimate of drug-likeness (QED) is 0.478. The molecule has 118 valence electrons. The van der Waals surface area contributed by atoms with E-state index in [0.717, 1.165) is 11.8 Å². The van der Waals surface area contributed by atoms with Crippen molar-refractivity contribution in [3.8, 4) is 0 Å². The van der Waals surface area contributed by atoms with Crippen molar-refractivity contribution >= 4 is 46.6 Å². The van der Waals surface area contributed by atoms with Crippen LogP contribution in [-0.4, -0.2) is 15.0 Å². The van der Waals surface area contributed by atoms with Crippen molar-refractivity contribution in [3.63, 3.8) is 0 Å². The number of thioether (sulfide) groups is 1. The van der Waals surface area contributed by atoms with Crippen molar-refractivity contribution in [1.29, 1.82) is 0 Å². The lowest BCUT2D eigenvalue weighted by molar-refractivity contribution is -0.141. The first-order valence-corrected chi connectivity index (χ1v) is 7.60. The molecular weight excluding hydrogens is 386 g/mol. The van der Waals surface area contributed by atoms with Crippen LogP contribution in [0.25, 0.3) is 0 Å². The lowest BCUT2D eigenvalue weighted by Gasteiger charge is -2.09. The van der Waals surface area contributed by atoms with E-state index in [1.807, 2.05) is 0 Å². The molecule has 2 heterocycles. The predicted octanol–water partition coefficient (Wildman–Crippen LogP) is 4.44. The number of pyridine rings is 1. The second kappa shape index (κ2) is 6.66. The van der Waals surface area contributed by atoms with Gasteiger partial charge in [0.05, 0.1) is 10.0 Å². The molecule has 0 aliphatic heterocycles. The summed E-state index contributed by atoms with van der Waals surface area (Å²) in [7, 11) is 0. The van der Waals surface area contributed by atoms with Gasteiger partial charge < -0.3 is 4.98 Å². The third-order valence-corrected chi connectivity index (χ3v) is 4.41. The van der Waals surface area contributed by atoms with Crippen molar-refractivity contribution in [1.82, 2.24) is 15.0 Å². The standard InChI is InChI=1S/C11H5Cl3F3N3OS/c12-5-2-18-9(14)8(13)4(5)3-22-10-19-6(11(15,16)17)1-7(21)20-10/h1-2H,3H2,(H,19,20,21). The number of H-pyrrole nitrogens is 1. The molecule has 0 amide bonds. The van der Waals surface area contributed by atoms with Gasteiger partial charge in [-0.2, -0.15) is 13.2 Å². The Kier molecular flexibility index (Phi) is 5.26. The van der Waals surface area contributed by atoms with Crippen LogP contribution in [0, 0.1) is 0 Å². The first-order chi connectivity index (χ1) is 10.2. The van der Waals surface area contributed by atoms with E-state index in [2.05, 4.69) is 15.0 Å². The summed E-state index contributed by atoms with van der Waals surface area (Å²) >= 11 is 18.4. The van der Waals surface area contributed by atoms with Crippen LogP contribution in [0.2, 0.25) is 15.2 Å². The minimum absolute atomic E-state index is 0.0205. The van der Waals surface area contributed by atoms with E-state index in [9.17, 15) is 18.0 Å². The van der Waals surface area contributed by atoms with Crippen LogP contribution in [0.4, 0.5) is 13.2 Å². The minimum Gasteiger partial charge on any atom is -0.301 e. The van der Waals surface area contributed by atoms with Crippen LogP contribution in [0.1, 0.15) is 11.3 Å². The smallest absolute Gasteiger partial charge is 0.301 e. The molecule has 0 bridgehead atoms. The van der Waals surface area contributed by atoms with E-state index in [1.165, 1.54) is 6.20 Å². The maximum Gasteiger partial charge on any atom is 0.433 e. The van der Waals surface area contributed by atoms with Gasteiger partial charge in [0.25, 0.3) is 5.56 Å². The monoisotopic (exact) mass is 389 g/mol. The van der Waals surface area contributed by atoms with Gasteiger partial charge in [-0.25, -0.2) is 9.97 Å². The van der Waals surface area contributed by atoms with E-state index in [0.29, 0.717) is 11.6 Å². The summed E-state index contributed by atoms with van der Waals surface area (Å²) in [6.07, 6.45) is -3.44. The van der Waals surface area contributed by atoms with Crippen molar-refractivity contribution in [3.05, 3.63) is 49.1 Å². The lowest BCUT2D eigenvalue weighted by atomic mass is 10.3. The van der Waals surface area contributed by atoms with Crippen LogP contribution < -0.4 is 5.56 Å².